The van der Waals surface area contributed by atoms with E-state index in [0.717, 1.165) is 25.9 Å². The van der Waals surface area contributed by atoms with Gasteiger partial charge in [0.05, 0.1) is 12.8 Å². The maximum Gasteiger partial charge on any atom is 0.315 e. The number of carboxylic acids is 3. The fourth-order valence-corrected chi connectivity index (χ4v) is 2.53. The molecule has 0 radical (unpaired) electrons. The summed E-state index contributed by atoms with van der Waals surface area (Å²) in [6, 6.07) is 7.28. The van der Waals surface area contributed by atoms with E-state index in [4.69, 9.17) is 15.3 Å². The van der Waals surface area contributed by atoms with Gasteiger partial charge in [-0.05, 0) is 31.9 Å². The number of aliphatic carboxylic acids is 3. The van der Waals surface area contributed by atoms with E-state index in [1.165, 1.54) is 11.1 Å². The second-order valence-electron chi connectivity index (χ2n) is 7.24. The van der Waals surface area contributed by atoms with Gasteiger partial charge >= 0.3 is 23.9 Å². The van der Waals surface area contributed by atoms with Crippen molar-refractivity contribution in [3.05, 3.63) is 35.4 Å². The second kappa shape index (κ2) is 21.7. The number of carbonyl (C=O) groups excluding carboxylic acids is 1. The first-order valence-electron chi connectivity index (χ1n) is 11.6. The summed E-state index contributed by atoms with van der Waals surface area (Å²) in [5.41, 5.74) is 2.44. The van der Waals surface area contributed by atoms with E-state index < -0.39 is 30.0 Å². The predicted molar refractivity (Wildman–Crippen MR) is 131 cm³/mol. The lowest BCUT2D eigenvalue weighted by Crippen LogP contribution is -2.43. The van der Waals surface area contributed by atoms with Crippen molar-refractivity contribution in [3.8, 4) is 0 Å². The van der Waals surface area contributed by atoms with Crippen LogP contribution >= 0.6 is 0 Å². The molecule has 0 saturated carbocycles. The van der Waals surface area contributed by atoms with Crippen molar-refractivity contribution >= 4 is 23.9 Å². The molecule has 194 valence electrons. The van der Waals surface area contributed by atoms with Crippen LogP contribution in [0, 0.1) is 6.92 Å². The summed E-state index contributed by atoms with van der Waals surface area (Å²) in [6.45, 7) is 9.24. The Kier molecular flexibility index (Phi) is 21.1. The number of carboxylic acid groups (broad SMARTS) is 3. The molecule has 0 spiro atoms. The van der Waals surface area contributed by atoms with Crippen LogP contribution in [0.1, 0.15) is 70.4 Å². The highest BCUT2D eigenvalue weighted by molar-refractivity contribution is 5.76. The van der Waals surface area contributed by atoms with Gasteiger partial charge in [-0.3, -0.25) is 14.4 Å². The number of nitrogens with one attached hydrogen (secondary N) is 3. The van der Waals surface area contributed by atoms with Gasteiger partial charge in [0.25, 0.3) is 0 Å². The zero-order chi connectivity index (χ0) is 26.4. The zero-order valence-corrected chi connectivity index (χ0v) is 20.7. The molecule has 0 saturated heterocycles. The highest BCUT2D eigenvalue weighted by Crippen LogP contribution is 2.06. The molecule has 2 amide bonds. The lowest BCUT2D eigenvalue weighted by molar-refractivity contribution is -0.138. The van der Waals surface area contributed by atoms with Crippen LogP contribution < -0.4 is 16.0 Å². The van der Waals surface area contributed by atoms with Crippen LogP contribution in [0.3, 0.4) is 0 Å². The molecular formula is C24H41N3O7. The molecule has 0 heterocycles. The molecule has 0 aromatic heterocycles. The molecule has 10 nitrogen and oxygen atoms in total. The molecule has 0 aliphatic heterocycles. The summed E-state index contributed by atoms with van der Waals surface area (Å²) in [5.74, 6) is -2.73. The lowest BCUT2D eigenvalue weighted by Gasteiger charge is -2.17. The lowest BCUT2D eigenvalue weighted by atomic mass is 10.1. The van der Waals surface area contributed by atoms with Gasteiger partial charge in [-0.15, -0.1) is 0 Å². The quantitative estimate of drug-likeness (QED) is 0.219. The Bertz CT molecular complexity index is 709. The summed E-state index contributed by atoms with van der Waals surface area (Å²) in [5, 5.41) is 33.6. The third kappa shape index (κ3) is 22.1. The number of rotatable bonds is 14. The van der Waals surface area contributed by atoms with Gasteiger partial charge in [-0.2, -0.15) is 0 Å². The van der Waals surface area contributed by atoms with Gasteiger partial charge in [0, 0.05) is 25.6 Å². The van der Waals surface area contributed by atoms with E-state index in [1.807, 2.05) is 20.8 Å². The minimum atomic E-state index is -1.00. The highest BCUT2D eigenvalue weighted by atomic mass is 16.4. The predicted octanol–water partition coefficient (Wildman–Crippen LogP) is 3.38. The summed E-state index contributed by atoms with van der Waals surface area (Å²) in [7, 11) is 0. The number of carbonyl (C=O) groups is 4. The molecule has 0 fully saturated rings. The summed E-state index contributed by atoms with van der Waals surface area (Å²) >= 11 is 0. The molecule has 0 aliphatic carbocycles. The Balaban J connectivity index is 0. The molecule has 1 rings (SSSR count). The van der Waals surface area contributed by atoms with Crippen LogP contribution in [-0.4, -0.2) is 58.4 Å². The minimum absolute atomic E-state index is 0.00386. The number of benzene rings is 1. The average molecular weight is 484 g/mol. The van der Waals surface area contributed by atoms with Crippen LogP contribution in [0.4, 0.5) is 4.79 Å². The molecule has 10 heteroatoms. The largest absolute Gasteiger partial charge is 0.481 e. The number of hydrogen-bond acceptors (Lipinski definition) is 5. The third-order valence-electron chi connectivity index (χ3n) is 4.29. The van der Waals surface area contributed by atoms with Crippen molar-refractivity contribution in [3.63, 3.8) is 0 Å². The SMILES string of the molecule is CC.CCC(=O)O.Cc1ccc(CNCCCCC(CC(=O)O)NC(=O)NCCC(=O)O)cc1. The van der Waals surface area contributed by atoms with E-state index in [9.17, 15) is 19.2 Å². The maximum atomic E-state index is 11.7. The second-order valence-corrected chi connectivity index (χ2v) is 7.24. The van der Waals surface area contributed by atoms with E-state index in [2.05, 4.69) is 40.2 Å². The van der Waals surface area contributed by atoms with Crippen LogP contribution in [-0.2, 0) is 20.9 Å². The fourth-order valence-electron chi connectivity index (χ4n) is 2.53. The third-order valence-corrected chi connectivity index (χ3v) is 4.29. The summed E-state index contributed by atoms with van der Waals surface area (Å²) in [6.07, 6.45) is 2.07. The molecule has 0 bridgehead atoms. The maximum absolute atomic E-state index is 11.7. The molecule has 1 aromatic rings. The Labute approximate surface area is 202 Å². The van der Waals surface area contributed by atoms with Crippen molar-refractivity contribution in [2.75, 3.05) is 13.1 Å². The van der Waals surface area contributed by atoms with Gasteiger partial charge in [0.15, 0.2) is 0 Å². The smallest absolute Gasteiger partial charge is 0.315 e. The molecular weight excluding hydrogens is 442 g/mol. The van der Waals surface area contributed by atoms with E-state index in [0.29, 0.717) is 6.42 Å². The number of hydrogen-bond donors (Lipinski definition) is 6. The first-order valence-corrected chi connectivity index (χ1v) is 11.6. The number of aryl methyl sites for hydroxylation is 1. The fraction of sp³-hybridized carbons (Fsp3) is 0.583. The molecule has 6 N–H and O–H groups in total. The summed E-state index contributed by atoms with van der Waals surface area (Å²) in [4.78, 5) is 42.5. The highest BCUT2D eigenvalue weighted by Gasteiger charge is 2.15. The van der Waals surface area contributed by atoms with E-state index in [1.54, 1.807) is 6.92 Å². The van der Waals surface area contributed by atoms with Crippen molar-refractivity contribution < 1.29 is 34.5 Å². The molecule has 1 atom stereocenters. The number of unbranched alkanes of at least 4 members (excludes halogenated alkanes) is 1. The van der Waals surface area contributed by atoms with Crippen LogP contribution in [0.25, 0.3) is 0 Å². The van der Waals surface area contributed by atoms with Gasteiger partial charge < -0.3 is 31.3 Å². The van der Waals surface area contributed by atoms with Crippen LogP contribution in [0.2, 0.25) is 0 Å². The number of amides is 2. The van der Waals surface area contributed by atoms with Crippen LogP contribution in [0.5, 0.6) is 0 Å². The number of urea groups is 1. The average Bonchev–Trinajstić information content (AvgIpc) is 2.78. The molecule has 1 unspecified atom stereocenters. The summed E-state index contributed by atoms with van der Waals surface area (Å²) < 4.78 is 0. The van der Waals surface area contributed by atoms with Crippen LogP contribution in [0.15, 0.2) is 24.3 Å². The standard InChI is InChI=1S/C19H29N3O5.C3H6O2.C2H6/c1-14-5-7-15(8-6-14)13-20-10-3-2-4-16(12-18(25)26)22-19(27)21-11-9-17(23)24;1-2-3(4)5;1-2/h5-8,16,20H,2-4,9-13H2,1H3,(H,23,24)(H,25,26)(H2,21,22,27);2H2,1H3,(H,4,5);1-2H3. The monoisotopic (exact) mass is 483 g/mol. The Morgan fingerprint density at radius 2 is 1.47 bits per heavy atom. The van der Waals surface area contributed by atoms with Crippen molar-refractivity contribution in [1.29, 1.82) is 0 Å². The first kappa shape index (κ1) is 33.0. The van der Waals surface area contributed by atoms with Gasteiger partial charge in [0.2, 0.25) is 0 Å². The van der Waals surface area contributed by atoms with Gasteiger partial charge in [-0.1, -0.05) is 57.0 Å². The molecule has 34 heavy (non-hydrogen) atoms. The minimum Gasteiger partial charge on any atom is -0.481 e. The Morgan fingerprint density at radius 1 is 0.882 bits per heavy atom. The van der Waals surface area contributed by atoms with Gasteiger partial charge in [-0.25, -0.2) is 4.79 Å². The van der Waals surface area contributed by atoms with Crippen molar-refractivity contribution in [2.24, 2.45) is 0 Å². The van der Waals surface area contributed by atoms with Crippen molar-refractivity contribution in [2.45, 2.75) is 78.8 Å². The van der Waals surface area contributed by atoms with E-state index in [-0.39, 0.29) is 25.8 Å². The first-order chi connectivity index (χ1) is 16.1. The molecule has 1 aromatic carbocycles. The zero-order valence-electron chi connectivity index (χ0n) is 20.7. The van der Waals surface area contributed by atoms with E-state index >= 15 is 0 Å². The Hall–Kier alpha value is -3.14. The normalized spacial score (nSPS) is 10.5. The van der Waals surface area contributed by atoms with Crippen molar-refractivity contribution in [1.82, 2.24) is 16.0 Å². The Morgan fingerprint density at radius 3 is 1.97 bits per heavy atom. The van der Waals surface area contributed by atoms with Gasteiger partial charge in [0.1, 0.15) is 0 Å². The molecule has 0 aliphatic rings. The topological polar surface area (TPSA) is 165 Å².